The molecular weight excluding hydrogens is 629 g/mol. The third kappa shape index (κ3) is 5.65. The molecular formula is C50H38N2. The fourth-order valence-corrected chi connectivity index (χ4v) is 7.66. The average molecular weight is 667 g/mol. The lowest BCUT2D eigenvalue weighted by Gasteiger charge is -2.27. The van der Waals surface area contributed by atoms with Crippen LogP contribution in [0.15, 0.2) is 194 Å². The molecule has 1 heterocycles. The fourth-order valence-electron chi connectivity index (χ4n) is 7.66. The van der Waals surface area contributed by atoms with Gasteiger partial charge in [-0.25, -0.2) is 0 Å². The number of benzene rings is 8. The molecule has 0 saturated carbocycles. The van der Waals surface area contributed by atoms with Crippen LogP contribution < -0.4 is 4.90 Å². The van der Waals surface area contributed by atoms with Crippen LogP contribution in [0.2, 0.25) is 0 Å². The Morgan fingerprint density at radius 3 is 1.56 bits per heavy atom. The molecule has 2 nitrogen and oxygen atoms in total. The molecule has 0 saturated heterocycles. The maximum absolute atomic E-state index is 2.37. The van der Waals surface area contributed by atoms with Crippen molar-refractivity contribution in [2.45, 2.75) is 13.8 Å². The Morgan fingerprint density at radius 1 is 0.346 bits per heavy atom. The van der Waals surface area contributed by atoms with Crippen LogP contribution in [0, 0.1) is 13.8 Å². The molecule has 52 heavy (non-hydrogen) atoms. The van der Waals surface area contributed by atoms with Gasteiger partial charge in [0.25, 0.3) is 0 Å². The molecule has 9 rings (SSSR count). The van der Waals surface area contributed by atoms with Crippen LogP contribution in [0.3, 0.4) is 0 Å². The van der Waals surface area contributed by atoms with Crippen LogP contribution >= 0.6 is 0 Å². The molecule has 0 N–H and O–H groups in total. The third-order valence-electron chi connectivity index (χ3n) is 10.3. The number of nitrogens with zero attached hydrogens (tertiary/aromatic N) is 2. The van der Waals surface area contributed by atoms with Crippen molar-refractivity contribution in [3.05, 3.63) is 205 Å². The molecule has 1 aromatic heterocycles. The van der Waals surface area contributed by atoms with E-state index in [2.05, 4.69) is 217 Å². The second-order valence-electron chi connectivity index (χ2n) is 13.5. The van der Waals surface area contributed by atoms with Crippen molar-refractivity contribution in [2.75, 3.05) is 4.90 Å². The van der Waals surface area contributed by atoms with Gasteiger partial charge in [0.1, 0.15) is 0 Å². The molecule has 0 unspecified atom stereocenters. The molecule has 0 aliphatic rings. The molecule has 9 aromatic rings. The summed E-state index contributed by atoms with van der Waals surface area (Å²) in [6.07, 6.45) is 0. The van der Waals surface area contributed by atoms with Crippen molar-refractivity contribution in [2.24, 2.45) is 0 Å². The van der Waals surface area contributed by atoms with Crippen LogP contribution in [-0.4, -0.2) is 4.57 Å². The monoisotopic (exact) mass is 666 g/mol. The third-order valence-corrected chi connectivity index (χ3v) is 10.3. The predicted molar refractivity (Wildman–Crippen MR) is 221 cm³/mol. The Hall–Kier alpha value is -6.64. The molecule has 2 heteroatoms. The van der Waals surface area contributed by atoms with Gasteiger partial charge < -0.3 is 9.47 Å². The summed E-state index contributed by atoms with van der Waals surface area (Å²) < 4.78 is 2.37. The van der Waals surface area contributed by atoms with E-state index in [1.54, 1.807) is 0 Å². The molecule has 0 bridgehead atoms. The van der Waals surface area contributed by atoms with Gasteiger partial charge in [0, 0.05) is 33.5 Å². The zero-order valence-corrected chi connectivity index (χ0v) is 29.4. The number of aromatic nitrogens is 1. The number of fused-ring (bicyclic) bond motifs is 3. The highest BCUT2D eigenvalue weighted by atomic mass is 15.1. The number of aryl methyl sites for hydroxylation is 2. The molecule has 0 amide bonds. The number of para-hydroxylation sites is 2. The lowest BCUT2D eigenvalue weighted by molar-refractivity contribution is 1.18. The Labute approximate surface area is 305 Å². The maximum atomic E-state index is 2.37. The van der Waals surface area contributed by atoms with E-state index in [1.807, 2.05) is 0 Å². The van der Waals surface area contributed by atoms with Gasteiger partial charge in [-0.2, -0.15) is 0 Å². The van der Waals surface area contributed by atoms with Crippen molar-refractivity contribution in [3.8, 4) is 39.1 Å². The minimum atomic E-state index is 1.11. The lowest BCUT2D eigenvalue weighted by atomic mass is 9.96. The van der Waals surface area contributed by atoms with E-state index in [1.165, 1.54) is 72.0 Å². The topological polar surface area (TPSA) is 8.17 Å². The highest BCUT2D eigenvalue weighted by Gasteiger charge is 2.17. The fraction of sp³-hybridized carbons (Fsp3) is 0.0400. The lowest BCUT2D eigenvalue weighted by Crippen LogP contribution is -2.10. The SMILES string of the molecule is Cc1ccccc1-c1ccc(N(c2ccc(-c3ccccc3)cc2)c2ccc(-c3ccc4c(c3)c3ccccc3n4-c3ccccc3)cc2)cc1C. The Kier molecular flexibility index (Phi) is 7.98. The smallest absolute Gasteiger partial charge is 0.0541 e. The van der Waals surface area contributed by atoms with Gasteiger partial charge in [-0.1, -0.05) is 127 Å². The van der Waals surface area contributed by atoms with Gasteiger partial charge >= 0.3 is 0 Å². The Morgan fingerprint density at radius 2 is 0.865 bits per heavy atom. The molecule has 0 aliphatic carbocycles. The zero-order valence-electron chi connectivity index (χ0n) is 29.4. The molecule has 248 valence electrons. The Bertz CT molecular complexity index is 2670. The number of anilines is 3. The van der Waals surface area contributed by atoms with Gasteiger partial charge in [-0.3, -0.25) is 0 Å². The van der Waals surface area contributed by atoms with E-state index in [0.717, 1.165) is 17.1 Å². The summed E-state index contributed by atoms with van der Waals surface area (Å²) in [5.41, 5.74) is 16.8. The summed E-state index contributed by atoms with van der Waals surface area (Å²) in [4.78, 5) is 2.36. The van der Waals surface area contributed by atoms with Crippen molar-refractivity contribution in [3.63, 3.8) is 0 Å². The van der Waals surface area contributed by atoms with Gasteiger partial charge in [-0.05, 0) is 125 Å². The van der Waals surface area contributed by atoms with E-state index in [0.29, 0.717) is 0 Å². The van der Waals surface area contributed by atoms with Crippen LogP contribution in [0.1, 0.15) is 11.1 Å². The van der Waals surface area contributed by atoms with Crippen LogP contribution in [0.5, 0.6) is 0 Å². The molecule has 0 aliphatic heterocycles. The van der Waals surface area contributed by atoms with E-state index in [4.69, 9.17) is 0 Å². The summed E-state index contributed by atoms with van der Waals surface area (Å²) in [6.45, 7) is 4.40. The maximum Gasteiger partial charge on any atom is 0.0541 e. The highest BCUT2D eigenvalue weighted by Crippen LogP contribution is 2.40. The predicted octanol–water partition coefficient (Wildman–Crippen LogP) is 13.9. The summed E-state index contributed by atoms with van der Waals surface area (Å²) in [5.74, 6) is 0. The van der Waals surface area contributed by atoms with Gasteiger partial charge in [-0.15, -0.1) is 0 Å². The van der Waals surface area contributed by atoms with Crippen LogP contribution in [0.4, 0.5) is 17.1 Å². The molecule has 0 fully saturated rings. The summed E-state index contributed by atoms with van der Waals surface area (Å²) in [6, 6.07) is 70.2. The van der Waals surface area contributed by atoms with Crippen molar-refractivity contribution in [1.29, 1.82) is 0 Å². The normalized spacial score (nSPS) is 11.3. The Balaban J connectivity index is 1.12. The zero-order chi connectivity index (χ0) is 35.0. The van der Waals surface area contributed by atoms with Gasteiger partial charge in [0.05, 0.1) is 11.0 Å². The van der Waals surface area contributed by atoms with Crippen LogP contribution in [0.25, 0.3) is 60.9 Å². The summed E-state index contributed by atoms with van der Waals surface area (Å²) >= 11 is 0. The molecule has 0 spiro atoms. The summed E-state index contributed by atoms with van der Waals surface area (Å²) in [7, 11) is 0. The van der Waals surface area contributed by atoms with Gasteiger partial charge in [0.2, 0.25) is 0 Å². The molecule has 0 radical (unpaired) electrons. The first-order valence-electron chi connectivity index (χ1n) is 17.9. The minimum Gasteiger partial charge on any atom is -0.310 e. The van der Waals surface area contributed by atoms with E-state index < -0.39 is 0 Å². The molecule has 0 atom stereocenters. The quantitative estimate of drug-likeness (QED) is 0.164. The average Bonchev–Trinajstić information content (AvgIpc) is 3.53. The minimum absolute atomic E-state index is 1.11. The second kappa shape index (κ2) is 13.2. The first kappa shape index (κ1) is 31.3. The van der Waals surface area contributed by atoms with Crippen molar-refractivity contribution in [1.82, 2.24) is 4.57 Å². The first-order valence-corrected chi connectivity index (χ1v) is 17.9. The largest absolute Gasteiger partial charge is 0.310 e. The number of hydrogen-bond donors (Lipinski definition) is 0. The van der Waals surface area contributed by atoms with Gasteiger partial charge in [0.15, 0.2) is 0 Å². The number of hydrogen-bond acceptors (Lipinski definition) is 1. The van der Waals surface area contributed by atoms with Crippen LogP contribution in [-0.2, 0) is 0 Å². The van der Waals surface area contributed by atoms with Crippen molar-refractivity contribution < 1.29 is 0 Å². The molecule has 8 aromatic carbocycles. The van der Waals surface area contributed by atoms with E-state index >= 15 is 0 Å². The number of rotatable bonds is 7. The van der Waals surface area contributed by atoms with E-state index in [9.17, 15) is 0 Å². The summed E-state index contributed by atoms with van der Waals surface area (Å²) in [5, 5.41) is 2.51. The first-order chi connectivity index (χ1) is 25.6. The highest BCUT2D eigenvalue weighted by molar-refractivity contribution is 6.10. The van der Waals surface area contributed by atoms with Crippen molar-refractivity contribution >= 4 is 38.9 Å². The van der Waals surface area contributed by atoms with E-state index in [-0.39, 0.29) is 0 Å². The second-order valence-corrected chi connectivity index (χ2v) is 13.5. The standard InChI is InChI=1S/C50H38N2/c1-35-13-9-10-18-45(35)46-31-30-44(33-36(46)2)51(42-26-21-38(22-27-42)37-14-5-3-6-15-37)43-28-23-39(24-29-43)40-25-32-50-48(34-40)47-19-11-12-20-49(47)52(50)41-16-7-4-8-17-41/h3-34H,1-2H3.